The summed E-state index contributed by atoms with van der Waals surface area (Å²) < 4.78 is 0.587. The molecule has 0 radical (unpaired) electrons. The van der Waals surface area contributed by atoms with Gasteiger partial charge in [0.2, 0.25) is 0 Å². The first kappa shape index (κ1) is 19.7. The molecule has 114 valence electrons. The number of aliphatic hydroxyl groups is 3. The topological polar surface area (TPSA) is 60.7 Å². The van der Waals surface area contributed by atoms with Gasteiger partial charge in [-0.3, -0.25) is 0 Å². The second-order valence-corrected chi connectivity index (χ2v) is 7.52. The maximum absolute atomic E-state index is 9.66. The molecule has 3 N–H and O–H groups in total. The number of thiocarbonyl (C=S) groups is 1. The third-order valence-corrected chi connectivity index (χ3v) is 4.47. The zero-order valence-electron chi connectivity index (χ0n) is 11.3. The van der Waals surface area contributed by atoms with Crippen LogP contribution in [0.15, 0.2) is 0 Å². The summed E-state index contributed by atoms with van der Waals surface area (Å²) in [6.45, 7) is -0.133. The Morgan fingerprint density at radius 2 is 1.42 bits per heavy atom. The molecule has 3 nitrogen and oxygen atoms in total. The lowest BCUT2D eigenvalue weighted by atomic mass is 10.1. The van der Waals surface area contributed by atoms with E-state index in [-0.39, 0.29) is 12.7 Å². The van der Waals surface area contributed by atoms with E-state index in [1.807, 2.05) is 0 Å². The van der Waals surface area contributed by atoms with Crippen LogP contribution >= 0.6 is 36.6 Å². The van der Waals surface area contributed by atoms with Crippen LogP contribution in [-0.4, -0.2) is 43.4 Å². The molecular weight excluding hydrogens is 300 g/mol. The number of thioether (sulfide) groups is 1. The van der Waals surface area contributed by atoms with Crippen molar-refractivity contribution >= 4 is 40.1 Å². The van der Waals surface area contributed by atoms with E-state index in [9.17, 15) is 5.11 Å². The van der Waals surface area contributed by atoms with Crippen molar-refractivity contribution in [1.82, 2.24) is 0 Å². The van der Waals surface area contributed by atoms with Crippen molar-refractivity contribution in [1.29, 1.82) is 0 Å². The van der Waals surface area contributed by atoms with Crippen molar-refractivity contribution in [3.8, 4) is 0 Å². The van der Waals surface area contributed by atoms with Gasteiger partial charge in [0.25, 0.3) is 0 Å². The smallest absolute Gasteiger partial charge is 0.101 e. The molecule has 6 heteroatoms. The van der Waals surface area contributed by atoms with Crippen LogP contribution in [0.5, 0.6) is 0 Å². The van der Waals surface area contributed by atoms with E-state index in [1.165, 1.54) is 18.2 Å². The Balaban J connectivity index is 3.20. The van der Waals surface area contributed by atoms with Gasteiger partial charge in [0.1, 0.15) is 3.53 Å². The van der Waals surface area contributed by atoms with Crippen molar-refractivity contribution in [2.45, 2.75) is 63.6 Å². The Morgan fingerprint density at radius 3 is 1.89 bits per heavy atom. The average Bonchev–Trinajstić information content (AvgIpc) is 2.38. The Kier molecular flexibility index (Phi) is 14.1. The number of hydrogen-bond donors (Lipinski definition) is 4. The average molecular weight is 327 g/mol. The Bertz CT molecular complexity index is 227. The van der Waals surface area contributed by atoms with Gasteiger partial charge < -0.3 is 15.3 Å². The molecule has 2 atom stereocenters. The number of thiol groups is 1. The predicted octanol–water partition coefficient (Wildman–Crippen LogP) is 2.77. The highest BCUT2D eigenvalue weighted by molar-refractivity contribution is 8.41. The molecule has 0 rings (SSSR count). The summed E-state index contributed by atoms with van der Waals surface area (Å²) in [5, 5.41) is 27.5. The molecule has 19 heavy (non-hydrogen) atoms. The summed E-state index contributed by atoms with van der Waals surface area (Å²) >= 11 is 10.2. The van der Waals surface area contributed by atoms with Crippen molar-refractivity contribution in [3.05, 3.63) is 0 Å². The largest absolute Gasteiger partial charge is 0.394 e. The van der Waals surface area contributed by atoms with E-state index in [1.54, 1.807) is 0 Å². The molecule has 0 aromatic rings. The highest BCUT2D eigenvalue weighted by Crippen LogP contribution is 2.14. The number of unbranched alkanes of at least 4 members (excludes halogenated alkanes) is 5. The van der Waals surface area contributed by atoms with Crippen molar-refractivity contribution in [2.75, 3.05) is 12.4 Å². The van der Waals surface area contributed by atoms with Crippen LogP contribution in [-0.2, 0) is 0 Å². The molecule has 0 aliphatic heterocycles. The molecule has 0 bridgehead atoms. The Hall–Kier alpha value is 0.670. The summed E-state index contributed by atoms with van der Waals surface area (Å²) in [7, 11) is 0. The quantitative estimate of drug-likeness (QED) is 0.252. The van der Waals surface area contributed by atoms with Crippen LogP contribution in [0.4, 0.5) is 0 Å². The monoisotopic (exact) mass is 326 g/mol. The first-order valence-electron chi connectivity index (χ1n) is 6.89. The first-order chi connectivity index (χ1) is 9.06. The van der Waals surface area contributed by atoms with Gasteiger partial charge in [0.15, 0.2) is 0 Å². The molecule has 2 unspecified atom stereocenters. The number of aliphatic hydroxyl groups excluding tert-OH is 3. The van der Waals surface area contributed by atoms with Crippen LogP contribution in [0.1, 0.15) is 51.4 Å². The Morgan fingerprint density at radius 1 is 0.947 bits per heavy atom. The van der Waals surface area contributed by atoms with Crippen LogP contribution in [0, 0.1) is 0 Å². The third-order valence-electron chi connectivity index (χ3n) is 2.93. The van der Waals surface area contributed by atoms with Gasteiger partial charge in [-0.15, -0.1) is 24.4 Å². The van der Waals surface area contributed by atoms with Crippen LogP contribution in [0.2, 0.25) is 0 Å². The standard InChI is InChI=1S/C13H26O3S3/c14-9-11(15)7-5-3-1-2-4-6-8-12(16)10-19-13(17)18/h11-12,14-16H,1-10H2,(H,17,18). The Labute approximate surface area is 131 Å². The van der Waals surface area contributed by atoms with Gasteiger partial charge in [-0.1, -0.05) is 50.7 Å². The van der Waals surface area contributed by atoms with Crippen LogP contribution in [0.3, 0.4) is 0 Å². The van der Waals surface area contributed by atoms with Crippen LogP contribution in [0.25, 0.3) is 0 Å². The summed E-state index contributed by atoms with van der Waals surface area (Å²) in [6.07, 6.45) is 7.26. The van der Waals surface area contributed by atoms with Crippen molar-refractivity contribution in [2.24, 2.45) is 0 Å². The molecular formula is C13H26O3S3. The van der Waals surface area contributed by atoms with Gasteiger partial charge >= 0.3 is 0 Å². The van der Waals surface area contributed by atoms with Gasteiger partial charge in [0, 0.05) is 5.75 Å². The van der Waals surface area contributed by atoms with Gasteiger partial charge in [-0.25, -0.2) is 0 Å². The maximum atomic E-state index is 9.66. The summed E-state index contributed by atoms with van der Waals surface area (Å²) in [6, 6.07) is 0. The fourth-order valence-electron chi connectivity index (χ4n) is 1.81. The highest BCUT2D eigenvalue weighted by atomic mass is 32.2. The van der Waals surface area contributed by atoms with E-state index in [4.69, 9.17) is 22.4 Å². The molecule has 0 spiro atoms. The molecule has 0 heterocycles. The van der Waals surface area contributed by atoms with Crippen molar-refractivity contribution in [3.63, 3.8) is 0 Å². The number of rotatable bonds is 12. The van der Waals surface area contributed by atoms with E-state index < -0.39 is 6.10 Å². The zero-order valence-corrected chi connectivity index (χ0v) is 13.9. The minimum atomic E-state index is -0.550. The van der Waals surface area contributed by atoms with E-state index in [2.05, 4.69) is 12.6 Å². The lowest BCUT2D eigenvalue weighted by molar-refractivity contribution is 0.0860. The lowest BCUT2D eigenvalue weighted by Crippen LogP contribution is -2.11. The third kappa shape index (κ3) is 14.9. The van der Waals surface area contributed by atoms with E-state index >= 15 is 0 Å². The molecule has 0 amide bonds. The normalized spacial score (nSPS) is 14.3. The van der Waals surface area contributed by atoms with Crippen LogP contribution < -0.4 is 0 Å². The molecule has 0 aromatic heterocycles. The lowest BCUT2D eigenvalue weighted by Gasteiger charge is -2.09. The van der Waals surface area contributed by atoms with Gasteiger partial charge in [-0.05, 0) is 12.8 Å². The summed E-state index contributed by atoms with van der Waals surface area (Å²) in [5.74, 6) is 0.640. The second kappa shape index (κ2) is 13.6. The van der Waals surface area contributed by atoms with E-state index in [0.717, 1.165) is 38.5 Å². The summed E-state index contributed by atoms with van der Waals surface area (Å²) in [5.41, 5.74) is 0. The maximum Gasteiger partial charge on any atom is 0.101 e. The zero-order chi connectivity index (χ0) is 14.5. The fraction of sp³-hybridized carbons (Fsp3) is 0.923. The molecule has 0 fully saturated rings. The molecule has 0 aromatic carbocycles. The first-order valence-corrected chi connectivity index (χ1v) is 8.73. The van der Waals surface area contributed by atoms with E-state index in [0.29, 0.717) is 15.7 Å². The number of hydrogen-bond acceptors (Lipinski definition) is 5. The second-order valence-electron chi connectivity index (χ2n) is 4.77. The molecule has 0 aliphatic rings. The van der Waals surface area contributed by atoms with Gasteiger partial charge in [-0.2, -0.15) is 0 Å². The SMILES string of the molecule is OCC(O)CCCCCCCCC(O)CSC(=S)S. The highest BCUT2D eigenvalue weighted by Gasteiger charge is 2.05. The molecule has 0 aliphatic carbocycles. The fourth-order valence-corrected chi connectivity index (χ4v) is 2.74. The van der Waals surface area contributed by atoms with Gasteiger partial charge in [0.05, 0.1) is 18.8 Å². The minimum absolute atomic E-state index is 0.133. The minimum Gasteiger partial charge on any atom is -0.394 e. The summed E-state index contributed by atoms with van der Waals surface area (Å²) in [4.78, 5) is 0. The van der Waals surface area contributed by atoms with Crippen molar-refractivity contribution < 1.29 is 15.3 Å². The molecule has 0 saturated carbocycles. The predicted molar refractivity (Wildman–Crippen MR) is 90.1 cm³/mol. The molecule has 0 saturated heterocycles.